The number of rotatable bonds is 16. The Labute approximate surface area is 236 Å². The normalized spacial score (nSPS) is 23.1. The van der Waals surface area contributed by atoms with E-state index >= 15 is 0 Å². The summed E-state index contributed by atoms with van der Waals surface area (Å²) in [5.41, 5.74) is 3.05. The van der Waals surface area contributed by atoms with Crippen LogP contribution in [0.4, 0.5) is 0 Å². The molecule has 8 nitrogen and oxygen atoms in total. The van der Waals surface area contributed by atoms with Crippen LogP contribution < -0.4 is 0 Å². The van der Waals surface area contributed by atoms with Gasteiger partial charge in [0, 0.05) is 0 Å². The van der Waals surface area contributed by atoms with Crippen molar-refractivity contribution in [3.63, 3.8) is 0 Å². The van der Waals surface area contributed by atoms with Crippen LogP contribution in [-0.4, -0.2) is 71.4 Å². The molecule has 1 aliphatic heterocycles. The van der Waals surface area contributed by atoms with Gasteiger partial charge in [0.15, 0.2) is 6.29 Å². The van der Waals surface area contributed by atoms with E-state index in [2.05, 4.69) is 0 Å². The highest BCUT2D eigenvalue weighted by atomic mass is 16.7. The molecular formula is C32H40O8. The summed E-state index contributed by atoms with van der Waals surface area (Å²) < 4.78 is 30.8. The summed E-state index contributed by atoms with van der Waals surface area (Å²) >= 11 is 0. The highest BCUT2D eigenvalue weighted by Gasteiger charge is 2.44. The summed E-state index contributed by atoms with van der Waals surface area (Å²) in [5.74, 6) is 0. The van der Waals surface area contributed by atoms with Crippen molar-refractivity contribution in [2.75, 3.05) is 13.2 Å². The maximum absolute atomic E-state index is 10.4. The molecular weight excluding hydrogens is 512 g/mol. The van der Waals surface area contributed by atoms with Gasteiger partial charge in [-0.15, -0.1) is 0 Å². The Morgan fingerprint density at radius 1 is 0.675 bits per heavy atom. The Morgan fingerprint density at radius 3 is 1.60 bits per heavy atom. The SMILES string of the molecule is CCC(OCc1ccccc1)C(OCc1ccccc1)C(CO[C@@H]1O[C@H](CO)[C@H](O)C1O)OCc1ccccc1. The molecule has 0 spiro atoms. The molecule has 216 valence electrons. The van der Waals surface area contributed by atoms with Gasteiger partial charge in [-0.1, -0.05) is 97.9 Å². The van der Waals surface area contributed by atoms with Crippen LogP contribution in [0.3, 0.4) is 0 Å². The molecule has 0 bridgehead atoms. The van der Waals surface area contributed by atoms with E-state index in [4.69, 9.17) is 23.7 Å². The summed E-state index contributed by atoms with van der Waals surface area (Å²) in [6, 6.07) is 29.6. The van der Waals surface area contributed by atoms with Crippen LogP contribution in [0.1, 0.15) is 30.0 Å². The van der Waals surface area contributed by atoms with Crippen LogP contribution in [0.25, 0.3) is 0 Å². The fourth-order valence-electron chi connectivity index (χ4n) is 4.65. The summed E-state index contributed by atoms with van der Waals surface area (Å²) in [6.07, 6.45) is -5.40. The van der Waals surface area contributed by atoms with Crippen molar-refractivity contribution in [3.8, 4) is 0 Å². The molecule has 1 heterocycles. The van der Waals surface area contributed by atoms with Crippen molar-refractivity contribution in [2.45, 2.75) is 76.1 Å². The zero-order valence-electron chi connectivity index (χ0n) is 22.8. The van der Waals surface area contributed by atoms with Crippen LogP contribution in [0.5, 0.6) is 0 Å². The predicted octanol–water partition coefficient (Wildman–Crippen LogP) is 3.61. The largest absolute Gasteiger partial charge is 0.394 e. The van der Waals surface area contributed by atoms with Crippen molar-refractivity contribution in [3.05, 3.63) is 108 Å². The van der Waals surface area contributed by atoms with Crippen LogP contribution in [-0.2, 0) is 43.5 Å². The van der Waals surface area contributed by atoms with E-state index in [1.54, 1.807) is 0 Å². The quantitative estimate of drug-likeness (QED) is 0.248. The van der Waals surface area contributed by atoms with E-state index in [-0.39, 0.29) is 12.7 Å². The first kappa shape index (κ1) is 30.3. The summed E-state index contributed by atoms with van der Waals surface area (Å²) in [4.78, 5) is 0. The number of aliphatic hydroxyl groups is 3. The maximum Gasteiger partial charge on any atom is 0.186 e. The van der Waals surface area contributed by atoms with Gasteiger partial charge in [-0.2, -0.15) is 0 Å². The van der Waals surface area contributed by atoms with Crippen LogP contribution in [0, 0.1) is 0 Å². The van der Waals surface area contributed by atoms with Gasteiger partial charge in [0.25, 0.3) is 0 Å². The summed E-state index contributed by atoms with van der Waals surface area (Å²) in [7, 11) is 0. The lowest BCUT2D eigenvalue weighted by atomic mass is 10.0. The first-order valence-electron chi connectivity index (χ1n) is 13.8. The molecule has 0 aromatic heterocycles. The average Bonchev–Trinajstić information content (AvgIpc) is 3.28. The lowest BCUT2D eigenvalue weighted by Gasteiger charge is -2.34. The zero-order valence-corrected chi connectivity index (χ0v) is 22.8. The topological polar surface area (TPSA) is 107 Å². The Bertz CT molecular complexity index is 1080. The highest BCUT2D eigenvalue weighted by Crippen LogP contribution is 2.25. The molecule has 4 rings (SSSR count). The Morgan fingerprint density at radius 2 is 1.15 bits per heavy atom. The molecule has 0 aliphatic carbocycles. The second-order valence-corrected chi connectivity index (χ2v) is 9.88. The average molecular weight is 553 g/mol. The van der Waals surface area contributed by atoms with Crippen LogP contribution in [0.2, 0.25) is 0 Å². The van der Waals surface area contributed by atoms with E-state index in [1.807, 2.05) is 97.9 Å². The number of benzene rings is 3. The molecule has 3 aromatic rings. The monoisotopic (exact) mass is 552 g/mol. The van der Waals surface area contributed by atoms with Crippen molar-refractivity contribution in [2.24, 2.45) is 0 Å². The predicted molar refractivity (Wildman–Crippen MR) is 149 cm³/mol. The molecule has 40 heavy (non-hydrogen) atoms. The van der Waals surface area contributed by atoms with E-state index in [0.717, 1.165) is 16.7 Å². The first-order chi connectivity index (χ1) is 19.6. The minimum Gasteiger partial charge on any atom is -0.394 e. The van der Waals surface area contributed by atoms with Gasteiger partial charge < -0.3 is 39.0 Å². The molecule has 3 aromatic carbocycles. The Kier molecular flexibility index (Phi) is 12.1. The summed E-state index contributed by atoms with van der Waals surface area (Å²) in [5, 5.41) is 30.1. The summed E-state index contributed by atoms with van der Waals surface area (Å²) in [6.45, 7) is 2.67. The molecule has 7 atom stereocenters. The van der Waals surface area contributed by atoms with E-state index < -0.39 is 43.4 Å². The van der Waals surface area contributed by atoms with Gasteiger partial charge in [0.05, 0.1) is 39.1 Å². The van der Waals surface area contributed by atoms with Gasteiger partial charge in [0.1, 0.15) is 30.5 Å². The number of ether oxygens (including phenoxy) is 5. The van der Waals surface area contributed by atoms with Gasteiger partial charge in [0.2, 0.25) is 0 Å². The second kappa shape index (κ2) is 16.0. The third-order valence-electron chi connectivity index (χ3n) is 6.96. The fraction of sp³-hybridized carbons (Fsp3) is 0.438. The Balaban J connectivity index is 1.54. The minimum absolute atomic E-state index is 0.00405. The maximum atomic E-state index is 10.4. The molecule has 1 aliphatic rings. The van der Waals surface area contributed by atoms with Crippen LogP contribution in [0.15, 0.2) is 91.0 Å². The molecule has 4 unspecified atom stereocenters. The van der Waals surface area contributed by atoms with Crippen molar-refractivity contribution < 1.29 is 39.0 Å². The standard InChI is InChI=1S/C32H40O8/c1-2-26(36-19-23-12-6-3-7-13-23)31(38-21-25-16-10-5-11-17-25)28(37-20-24-14-8-4-9-15-24)22-39-32-30(35)29(34)27(18-33)40-32/h3-17,26-35H,2,18-22H2,1H3/t26?,27-,28?,29+,30?,31?,32-/m1/s1. The molecule has 0 saturated carbocycles. The van der Waals surface area contributed by atoms with Crippen LogP contribution >= 0.6 is 0 Å². The number of hydrogen-bond acceptors (Lipinski definition) is 8. The molecule has 8 heteroatoms. The van der Waals surface area contributed by atoms with Crippen molar-refractivity contribution >= 4 is 0 Å². The number of aliphatic hydroxyl groups excluding tert-OH is 3. The Hall–Kier alpha value is -2.66. The zero-order chi connectivity index (χ0) is 28.2. The molecule has 1 fully saturated rings. The first-order valence-corrected chi connectivity index (χ1v) is 13.8. The molecule has 3 N–H and O–H groups in total. The van der Waals surface area contributed by atoms with Gasteiger partial charge >= 0.3 is 0 Å². The van der Waals surface area contributed by atoms with Crippen molar-refractivity contribution in [1.29, 1.82) is 0 Å². The molecule has 1 saturated heterocycles. The third-order valence-corrected chi connectivity index (χ3v) is 6.96. The van der Waals surface area contributed by atoms with E-state index in [0.29, 0.717) is 26.2 Å². The second-order valence-electron chi connectivity index (χ2n) is 9.88. The lowest BCUT2D eigenvalue weighted by molar-refractivity contribution is -0.213. The molecule has 0 radical (unpaired) electrons. The van der Waals surface area contributed by atoms with Gasteiger partial charge in [-0.25, -0.2) is 0 Å². The molecule has 0 amide bonds. The smallest absolute Gasteiger partial charge is 0.186 e. The van der Waals surface area contributed by atoms with Gasteiger partial charge in [-0.3, -0.25) is 0 Å². The third kappa shape index (κ3) is 8.67. The minimum atomic E-state index is -1.30. The number of hydrogen-bond donors (Lipinski definition) is 3. The van der Waals surface area contributed by atoms with E-state index in [1.165, 1.54) is 0 Å². The lowest BCUT2D eigenvalue weighted by Crippen LogP contribution is -2.46. The van der Waals surface area contributed by atoms with Gasteiger partial charge in [-0.05, 0) is 23.1 Å². The van der Waals surface area contributed by atoms with Crippen molar-refractivity contribution in [1.82, 2.24) is 0 Å². The van der Waals surface area contributed by atoms with E-state index in [9.17, 15) is 15.3 Å². The fourth-order valence-corrected chi connectivity index (χ4v) is 4.65. The highest BCUT2D eigenvalue weighted by molar-refractivity contribution is 5.15.